The highest BCUT2D eigenvalue weighted by Gasteiger charge is 2.09. The smallest absolute Gasteiger partial charge is 0.121 e. The first-order valence-corrected chi connectivity index (χ1v) is 9.07. The first-order chi connectivity index (χ1) is 12.1. The van der Waals surface area contributed by atoms with Gasteiger partial charge in [-0.2, -0.15) is 0 Å². The van der Waals surface area contributed by atoms with Crippen LogP contribution in [0.2, 0.25) is 0 Å². The Morgan fingerprint density at radius 2 is 1.32 bits per heavy atom. The van der Waals surface area contributed by atoms with E-state index in [2.05, 4.69) is 66.7 Å². The number of unbranched alkanes of at least 4 members (excludes halogenated alkanes) is 1. The highest BCUT2D eigenvalue weighted by atomic mass is 16.3. The molecule has 0 spiro atoms. The van der Waals surface area contributed by atoms with E-state index in [0.717, 1.165) is 24.0 Å². The predicted octanol–water partition coefficient (Wildman–Crippen LogP) is 6.24. The lowest BCUT2D eigenvalue weighted by molar-refractivity contribution is 0.467. The Kier molecular flexibility index (Phi) is 5.55. The Balaban J connectivity index is 1.71. The van der Waals surface area contributed by atoms with Gasteiger partial charge >= 0.3 is 0 Å². The Labute approximate surface area is 151 Å². The summed E-state index contributed by atoms with van der Waals surface area (Å²) in [6, 6.07) is 23.5. The predicted molar refractivity (Wildman–Crippen MR) is 106 cm³/mol. The normalized spacial score (nSPS) is 10.8. The molecule has 0 saturated heterocycles. The van der Waals surface area contributed by atoms with Crippen molar-refractivity contribution in [1.29, 1.82) is 0 Å². The van der Waals surface area contributed by atoms with Gasteiger partial charge in [0.1, 0.15) is 5.75 Å². The van der Waals surface area contributed by atoms with Gasteiger partial charge in [0, 0.05) is 0 Å². The largest absolute Gasteiger partial charge is 0.507 e. The van der Waals surface area contributed by atoms with Crippen LogP contribution < -0.4 is 0 Å². The summed E-state index contributed by atoms with van der Waals surface area (Å²) >= 11 is 0. The van der Waals surface area contributed by atoms with E-state index in [1.165, 1.54) is 35.1 Å². The first kappa shape index (κ1) is 17.3. The van der Waals surface area contributed by atoms with Crippen LogP contribution in [-0.2, 0) is 12.8 Å². The van der Waals surface area contributed by atoms with Crippen LogP contribution in [0.4, 0.5) is 0 Å². The highest BCUT2D eigenvalue weighted by Crippen LogP contribution is 2.31. The van der Waals surface area contributed by atoms with Gasteiger partial charge in [-0.05, 0) is 85.0 Å². The standard InChI is InChI=1S/C24H26O/c1-18-16-22(17-19(2)24(18)25)23-15-9-8-14-21(23)13-7-6-12-20-10-4-3-5-11-20/h3-5,8-11,14-17,25H,6-7,12-13H2,1-2H3. The molecule has 3 rings (SSSR count). The second-order valence-electron chi connectivity index (χ2n) is 6.81. The lowest BCUT2D eigenvalue weighted by Crippen LogP contribution is -1.93. The molecular formula is C24H26O. The molecule has 1 N–H and O–H groups in total. The third-order valence-electron chi connectivity index (χ3n) is 4.82. The van der Waals surface area contributed by atoms with Crippen LogP contribution in [-0.4, -0.2) is 5.11 Å². The molecule has 128 valence electrons. The topological polar surface area (TPSA) is 20.2 Å². The molecular weight excluding hydrogens is 304 g/mol. The van der Waals surface area contributed by atoms with Crippen molar-refractivity contribution in [1.82, 2.24) is 0 Å². The molecule has 0 bridgehead atoms. The van der Waals surface area contributed by atoms with Crippen LogP contribution in [0.1, 0.15) is 35.1 Å². The Bertz CT molecular complexity index is 811. The van der Waals surface area contributed by atoms with Crippen LogP contribution >= 0.6 is 0 Å². The summed E-state index contributed by atoms with van der Waals surface area (Å²) in [7, 11) is 0. The van der Waals surface area contributed by atoms with E-state index in [4.69, 9.17) is 0 Å². The number of hydrogen-bond acceptors (Lipinski definition) is 1. The van der Waals surface area contributed by atoms with Crippen molar-refractivity contribution in [2.24, 2.45) is 0 Å². The fourth-order valence-corrected chi connectivity index (χ4v) is 3.42. The molecule has 0 saturated carbocycles. The van der Waals surface area contributed by atoms with Crippen molar-refractivity contribution in [2.45, 2.75) is 39.5 Å². The van der Waals surface area contributed by atoms with E-state index < -0.39 is 0 Å². The summed E-state index contributed by atoms with van der Waals surface area (Å²) in [5.41, 5.74) is 7.17. The van der Waals surface area contributed by atoms with Crippen molar-refractivity contribution in [3.05, 3.63) is 89.0 Å². The van der Waals surface area contributed by atoms with Crippen molar-refractivity contribution in [3.8, 4) is 16.9 Å². The van der Waals surface area contributed by atoms with E-state index in [0.29, 0.717) is 5.75 Å². The molecule has 0 unspecified atom stereocenters. The van der Waals surface area contributed by atoms with E-state index >= 15 is 0 Å². The quantitative estimate of drug-likeness (QED) is 0.530. The number of hydrogen-bond donors (Lipinski definition) is 1. The molecule has 1 heteroatoms. The van der Waals surface area contributed by atoms with Crippen molar-refractivity contribution in [3.63, 3.8) is 0 Å². The fraction of sp³-hybridized carbons (Fsp3) is 0.250. The monoisotopic (exact) mass is 330 g/mol. The molecule has 0 aliphatic carbocycles. The van der Waals surface area contributed by atoms with Crippen LogP contribution in [0.25, 0.3) is 11.1 Å². The molecule has 25 heavy (non-hydrogen) atoms. The minimum Gasteiger partial charge on any atom is -0.507 e. The van der Waals surface area contributed by atoms with Gasteiger partial charge in [0.2, 0.25) is 0 Å². The van der Waals surface area contributed by atoms with Crippen molar-refractivity contribution < 1.29 is 5.11 Å². The minimum absolute atomic E-state index is 0.407. The summed E-state index contributed by atoms with van der Waals surface area (Å²) < 4.78 is 0. The van der Waals surface area contributed by atoms with Crippen LogP contribution in [0.5, 0.6) is 5.75 Å². The first-order valence-electron chi connectivity index (χ1n) is 9.07. The lowest BCUT2D eigenvalue weighted by atomic mass is 9.93. The molecule has 1 nitrogen and oxygen atoms in total. The summed E-state index contributed by atoms with van der Waals surface area (Å²) in [5, 5.41) is 10.0. The maximum atomic E-state index is 10.0. The third-order valence-corrected chi connectivity index (χ3v) is 4.82. The van der Waals surface area contributed by atoms with Crippen molar-refractivity contribution in [2.75, 3.05) is 0 Å². The van der Waals surface area contributed by atoms with E-state index in [9.17, 15) is 5.11 Å². The SMILES string of the molecule is Cc1cc(-c2ccccc2CCCCc2ccccc2)cc(C)c1O. The maximum Gasteiger partial charge on any atom is 0.121 e. The Hall–Kier alpha value is -2.54. The fourth-order valence-electron chi connectivity index (χ4n) is 3.42. The zero-order valence-corrected chi connectivity index (χ0v) is 15.1. The summed E-state index contributed by atoms with van der Waals surface area (Å²) in [5.74, 6) is 0.407. The van der Waals surface area contributed by atoms with Gasteiger partial charge in [0.25, 0.3) is 0 Å². The summed E-state index contributed by atoms with van der Waals surface area (Å²) in [6.07, 6.45) is 4.61. The number of rotatable bonds is 6. The molecule has 0 aromatic heterocycles. The minimum atomic E-state index is 0.407. The third kappa shape index (κ3) is 4.30. The van der Waals surface area contributed by atoms with Gasteiger partial charge in [-0.15, -0.1) is 0 Å². The molecule has 3 aromatic rings. The molecule has 3 aromatic carbocycles. The number of aromatic hydroxyl groups is 1. The van der Waals surface area contributed by atoms with Crippen LogP contribution in [0.3, 0.4) is 0 Å². The Morgan fingerprint density at radius 1 is 0.720 bits per heavy atom. The van der Waals surface area contributed by atoms with Gasteiger partial charge in [-0.3, -0.25) is 0 Å². The summed E-state index contributed by atoms with van der Waals surface area (Å²) in [6.45, 7) is 3.93. The molecule has 0 heterocycles. The van der Waals surface area contributed by atoms with E-state index in [-0.39, 0.29) is 0 Å². The number of benzene rings is 3. The second-order valence-corrected chi connectivity index (χ2v) is 6.81. The molecule has 0 aliphatic heterocycles. The molecule has 0 atom stereocenters. The lowest BCUT2D eigenvalue weighted by Gasteiger charge is -2.13. The number of aryl methyl sites for hydroxylation is 4. The van der Waals surface area contributed by atoms with Gasteiger partial charge in [0.15, 0.2) is 0 Å². The molecule has 0 aliphatic rings. The second kappa shape index (κ2) is 8.02. The molecule has 0 amide bonds. The van der Waals surface area contributed by atoms with E-state index in [1.54, 1.807) is 0 Å². The molecule has 0 radical (unpaired) electrons. The zero-order valence-electron chi connectivity index (χ0n) is 15.1. The maximum absolute atomic E-state index is 10.0. The van der Waals surface area contributed by atoms with Gasteiger partial charge in [-0.1, -0.05) is 54.6 Å². The Morgan fingerprint density at radius 3 is 2.04 bits per heavy atom. The number of phenolic OH excluding ortho intramolecular Hbond substituents is 1. The van der Waals surface area contributed by atoms with Crippen LogP contribution in [0, 0.1) is 13.8 Å². The van der Waals surface area contributed by atoms with Crippen molar-refractivity contribution >= 4 is 0 Å². The summed E-state index contributed by atoms with van der Waals surface area (Å²) in [4.78, 5) is 0. The number of phenols is 1. The highest BCUT2D eigenvalue weighted by molar-refractivity contribution is 5.70. The van der Waals surface area contributed by atoms with Crippen LogP contribution in [0.15, 0.2) is 66.7 Å². The van der Waals surface area contributed by atoms with E-state index in [1.807, 2.05) is 13.8 Å². The van der Waals surface area contributed by atoms with Gasteiger partial charge < -0.3 is 5.11 Å². The zero-order chi connectivity index (χ0) is 17.6. The molecule has 0 fully saturated rings. The average molecular weight is 330 g/mol. The average Bonchev–Trinajstić information content (AvgIpc) is 2.64. The van der Waals surface area contributed by atoms with Gasteiger partial charge in [-0.25, -0.2) is 0 Å². The van der Waals surface area contributed by atoms with Gasteiger partial charge in [0.05, 0.1) is 0 Å².